The highest BCUT2D eigenvalue weighted by Gasteiger charge is 2.18. The first-order chi connectivity index (χ1) is 17.2. The fraction of sp³-hybridized carbons (Fsp3) is 0.583. The van der Waals surface area contributed by atoms with Crippen molar-refractivity contribution in [1.82, 2.24) is 30.1 Å². The van der Waals surface area contributed by atoms with Crippen LogP contribution >= 0.6 is 0 Å². The highest BCUT2D eigenvalue weighted by Crippen LogP contribution is 2.20. The number of hydrogen-bond donors (Lipinski definition) is 2. The lowest BCUT2D eigenvalue weighted by Crippen LogP contribution is -2.30. The van der Waals surface area contributed by atoms with E-state index in [1.165, 1.54) is 24.0 Å². The van der Waals surface area contributed by atoms with Crippen molar-refractivity contribution in [3.63, 3.8) is 0 Å². The number of aryl methyl sites for hydroxylation is 2. The molecule has 2 aromatic heterocycles. The first-order valence-corrected chi connectivity index (χ1v) is 12.1. The summed E-state index contributed by atoms with van der Waals surface area (Å²) >= 11 is 0. The third kappa shape index (κ3) is 9.70. The zero-order valence-electron chi connectivity index (χ0n) is 21.4. The monoisotopic (exact) mass is 504 g/mol. The van der Waals surface area contributed by atoms with E-state index in [1.54, 1.807) is 0 Å². The summed E-state index contributed by atoms with van der Waals surface area (Å²) < 4.78 is 10.3. The highest BCUT2D eigenvalue weighted by molar-refractivity contribution is 6.27. The van der Waals surface area contributed by atoms with Crippen LogP contribution in [0.5, 0.6) is 0 Å². The van der Waals surface area contributed by atoms with Crippen LogP contribution in [0, 0.1) is 13.8 Å². The maximum absolute atomic E-state index is 9.10. The maximum atomic E-state index is 9.10. The number of aromatic nitrogens is 4. The highest BCUT2D eigenvalue weighted by atomic mass is 16.5. The smallest absolute Gasteiger partial charge is 0.414 e. The van der Waals surface area contributed by atoms with E-state index >= 15 is 0 Å². The van der Waals surface area contributed by atoms with Crippen LogP contribution in [0.15, 0.2) is 21.2 Å². The number of carbonyl (C=O) groups is 2. The van der Waals surface area contributed by atoms with Gasteiger partial charge in [0.15, 0.2) is 11.6 Å². The zero-order chi connectivity index (χ0) is 26.5. The number of aliphatic carboxylic acids is 2. The SMILES string of the molecule is CCCN1CCC=C(c2nc(C)no2)C1.CCCN1CCC=C(c2nc(C)no2)C1.O=C(O)C(=O)O. The van der Waals surface area contributed by atoms with Gasteiger partial charge >= 0.3 is 11.9 Å². The first-order valence-electron chi connectivity index (χ1n) is 12.1. The standard InChI is InChI=1S/2C11H17N3O.C2H2O4/c2*1-3-6-14-7-4-5-10(8-14)11-12-9(2)13-15-11;3-1(4)2(5)6/h2*5H,3-4,6-8H2,1-2H3;(H,3,4)(H,5,6). The van der Waals surface area contributed by atoms with Crippen LogP contribution in [0.1, 0.15) is 63.0 Å². The molecule has 198 valence electrons. The summed E-state index contributed by atoms with van der Waals surface area (Å²) in [6.45, 7) is 14.6. The number of hydrogen-bond acceptors (Lipinski definition) is 10. The average Bonchev–Trinajstić information content (AvgIpc) is 3.49. The van der Waals surface area contributed by atoms with Crippen molar-refractivity contribution in [3.05, 3.63) is 35.6 Å². The Hall–Kier alpha value is -3.38. The van der Waals surface area contributed by atoms with E-state index in [2.05, 4.69) is 56.1 Å². The Labute approximate surface area is 210 Å². The lowest BCUT2D eigenvalue weighted by Gasteiger charge is -2.25. The second kappa shape index (κ2) is 14.9. The van der Waals surface area contributed by atoms with Gasteiger partial charge in [-0.15, -0.1) is 0 Å². The van der Waals surface area contributed by atoms with Crippen molar-refractivity contribution in [1.29, 1.82) is 0 Å². The fourth-order valence-electron chi connectivity index (χ4n) is 3.79. The zero-order valence-corrected chi connectivity index (χ0v) is 21.4. The Morgan fingerprint density at radius 1 is 0.806 bits per heavy atom. The molecule has 0 fully saturated rings. The molecule has 0 unspecified atom stereocenters. The number of carboxylic acid groups (broad SMARTS) is 2. The van der Waals surface area contributed by atoms with E-state index in [9.17, 15) is 0 Å². The summed E-state index contributed by atoms with van der Waals surface area (Å²) in [6.07, 6.45) is 8.96. The van der Waals surface area contributed by atoms with E-state index < -0.39 is 11.9 Å². The Morgan fingerprint density at radius 3 is 1.47 bits per heavy atom. The lowest BCUT2D eigenvalue weighted by atomic mass is 10.1. The van der Waals surface area contributed by atoms with Gasteiger partial charge in [0.05, 0.1) is 0 Å². The maximum Gasteiger partial charge on any atom is 0.414 e. The minimum Gasteiger partial charge on any atom is -0.473 e. The summed E-state index contributed by atoms with van der Waals surface area (Å²) in [5, 5.41) is 22.4. The predicted molar refractivity (Wildman–Crippen MR) is 132 cm³/mol. The molecule has 0 radical (unpaired) electrons. The normalized spacial score (nSPS) is 16.1. The Kier molecular flexibility index (Phi) is 11.9. The van der Waals surface area contributed by atoms with Gasteiger partial charge in [0.2, 0.25) is 0 Å². The minimum atomic E-state index is -1.82. The van der Waals surface area contributed by atoms with Gasteiger partial charge in [0.25, 0.3) is 11.8 Å². The van der Waals surface area contributed by atoms with Crippen LogP contribution in [0.25, 0.3) is 11.1 Å². The van der Waals surface area contributed by atoms with Crippen molar-refractivity contribution in [2.45, 2.75) is 53.4 Å². The van der Waals surface area contributed by atoms with Gasteiger partial charge in [-0.1, -0.05) is 36.3 Å². The van der Waals surface area contributed by atoms with Gasteiger partial charge in [-0.25, -0.2) is 9.59 Å². The molecule has 0 saturated carbocycles. The molecular formula is C24H36N6O6. The Bertz CT molecular complexity index is 961. The summed E-state index contributed by atoms with van der Waals surface area (Å²) in [7, 11) is 0. The summed E-state index contributed by atoms with van der Waals surface area (Å²) in [5.74, 6) is -0.858. The van der Waals surface area contributed by atoms with Crippen LogP contribution in [0.2, 0.25) is 0 Å². The third-order valence-corrected chi connectivity index (χ3v) is 5.33. The van der Waals surface area contributed by atoms with E-state index in [0.717, 1.165) is 52.1 Å². The second-order valence-electron chi connectivity index (χ2n) is 8.49. The van der Waals surface area contributed by atoms with Crippen LogP contribution in [-0.4, -0.2) is 91.5 Å². The lowest BCUT2D eigenvalue weighted by molar-refractivity contribution is -0.159. The van der Waals surface area contributed by atoms with Crippen LogP contribution < -0.4 is 0 Å². The third-order valence-electron chi connectivity index (χ3n) is 5.33. The van der Waals surface area contributed by atoms with Gasteiger partial charge in [0, 0.05) is 37.3 Å². The summed E-state index contributed by atoms with van der Waals surface area (Å²) in [5.41, 5.74) is 2.35. The molecule has 12 nitrogen and oxygen atoms in total. The van der Waals surface area contributed by atoms with E-state index in [-0.39, 0.29) is 0 Å². The van der Waals surface area contributed by atoms with E-state index in [0.29, 0.717) is 23.4 Å². The Morgan fingerprint density at radius 2 is 1.19 bits per heavy atom. The first kappa shape index (κ1) is 28.9. The molecule has 2 aromatic rings. The largest absolute Gasteiger partial charge is 0.473 e. The van der Waals surface area contributed by atoms with E-state index in [4.69, 9.17) is 28.8 Å². The molecule has 2 aliphatic rings. The van der Waals surface area contributed by atoms with Gasteiger partial charge in [-0.2, -0.15) is 9.97 Å². The molecule has 0 aliphatic carbocycles. The van der Waals surface area contributed by atoms with Gasteiger partial charge in [-0.3, -0.25) is 9.80 Å². The van der Waals surface area contributed by atoms with Crippen molar-refractivity contribution < 1.29 is 28.8 Å². The molecule has 0 atom stereocenters. The summed E-state index contributed by atoms with van der Waals surface area (Å²) in [6, 6.07) is 0. The molecule has 2 aliphatic heterocycles. The quantitative estimate of drug-likeness (QED) is 0.555. The fourth-order valence-corrected chi connectivity index (χ4v) is 3.79. The second-order valence-corrected chi connectivity index (χ2v) is 8.49. The van der Waals surface area contributed by atoms with Crippen LogP contribution in [0.3, 0.4) is 0 Å². The number of rotatable bonds is 6. The Balaban J connectivity index is 0.000000208. The van der Waals surface area contributed by atoms with Crippen molar-refractivity contribution in [2.24, 2.45) is 0 Å². The van der Waals surface area contributed by atoms with Gasteiger partial charge < -0.3 is 19.3 Å². The molecule has 0 spiro atoms. The average molecular weight is 505 g/mol. The van der Waals surface area contributed by atoms with Crippen LogP contribution in [0.4, 0.5) is 0 Å². The summed E-state index contributed by atoms with van der Waals surface area (Å²) in [4.78, 5) is 31.6. The van der Waals surface area contributed by atoms with Crippen molar-refractivity contribution in [2.75, 3.05) is 39.3 Å². The molecule has 12 heteroatoms. The molecule has 2 N–H and O–H groups in total. The molecule has 4 rings (SSSR count). The van der Waals surface area contributed by atoms with Crippen molar-refractivity contribution >= 4 is 23.1 Å². The minimum absolute atomic E-state index is 0.688. The molecular weight excluding hydrogens is 468 g/mol. The molecule has 4 heterocycles. The number of nitrogens with zero attached hydrogens (tertiary/aromatic N) is 6. The molecule has 0 bridgehead atoms. The molecule has 0 amide bonds. The molecule has 0 aromatic carbocycles. The van der Waals surface area contributed by atoms with Gasteiger partial charge in [-0.05, 0) is 52.6 Å². The predicted octanol–water partition coefficient (Wildman–Crippen LogP) is 2.91. The van der Waals surface area contributed by atoms with E-state index in [1.807, 2.05) is 13.8 Å². The topological polar surface area (TPSA) is 159 Å². The molecule has 36 heavy (non-hydrogen) atoms. The molecule has 0 saturated heterocycles. The van der Waals surface area contributed by atoms with Gasteiger partial charge in [0.1, 0.15) is 0 Å². The van der Waals surface area contributed by atoms with Crippen molar-refractivity contribution in [3.8, 4) is 0 Å². The van der Waals surface area contributed by atoms with Crippen LogP contribution in [-0.2, 0) is 9.59 Å². The number of carboxylic acids is 2.